The smallest absolute Gasteiger partial charge is 0.181 e. The van der Waals surface area contributed by atoms with Gasteiger partial charge in [-0.3, -0.25) is 5.10 Å². The minimum Gasteiger partial charge on any atom is -0.508 e. The maximum atomic E-state index is 9.58. The Labute approximate surface area is 145 Å². The fraction of sp³-hybridized carbons (Fsp3) is 0.222. The van der Waals surface area contributed by atoms with Crippen molar-refractivity contribution in [3.63, 3.8) is 0 Å². The van der Waals surface area contributed by atoms with Crippen molar-refractivity contribution in [2.75, 3.05) is 13.7 Å². The number of H-pyrrole nitrogens is 1. The van der Waals surface area contributed by atoms with Crippen molar-refractivity contribution in [2.45, 2.75) is 13.0 Å². The molecule has 3 aromatic rings. The molecule has 1 aromatic heterocycles. The van der Waals surface area contributed by atoms with Crippen LogP contribution in [-0.4, -0.2) is 34.0 Å². The molecule has 25 heavy (non-hydrogen) atoms. The molecule has 0 aliphatic carbocycles. The summed E-state index contributed by atoms with van der Waals surface area (Å²) in [7, 11) is 1.59. The normalized spacial score (nSPS) is 12.0. The van der Waals surface area contributed by atoms with Gasteiger partial charge in [-0.2, -0.15) is 5.10 Å². The summed E-state index contributed by atoms with van der Waals surface area (Å²) in [4.78, 5) is 4.44. The van der Waals surface area contributed by atoms with Crippen molar-refractivity contribution in [1.29, 1.82) is 0 Å². The minimum absolute atomic E-state index is 0.157. The molecule has 3 rings (SSSR count). The lowest BCUT2D eigenvalue weighted by Gasteiger charge is -2.14. The molecule has 1 heterocycles. The van der Waals surface area contributed by atoms with Gasteiger partial charge in [0.1, 0.15) is 11.6 Å². The Balaban J connectivity index is 1.89. The van der Waals surface area contributed by atoms with Crippen LogP contribution in [0, 0.1) is 0 Å². The van der Waals surface area contributed by atoms with Crippen LogP contribution in [0.5, 0.6) is 17.2 Å². The number of nitrogens with zero attached hydrogens (tertiary/aromatic N) is 2. The van der Waals surface area contributed by atoms with Gasteiger partial charge in [-0.15, -0.1) is 0 Å². The first-order valence-corrected chi connectivity index (χ1v) is 7.90. The number of nitrogens with two attached hydrogens (primary N) is 1. The van der Waals surface area contributed by atoms with E-state index in [1.54, 1.807) is 25.3 Å². The predicted molar refractivity (Wildman–Crippen MR) is 93.7 cm³/mol. The number of nitrogens with one attached hydrogen (secondary N) is 1. The topological polar surface area (TPSA) is 106 Å². The van der Waals surface area contributed by atoms with Gasteiger partial charge in [0.15, 0.2) is 17.3 Å². The molecule has 0 aliphatic rings. The van der Waals surface area contributed by atoms with E-state index in [2.05, 4.69) is 15.2 Å². The zero-order chi connectivity index (χ0) is 17.8. The van der Waals surface area contributed by atoms with E-state index in [0.717, 1.165) is 5.56 Å². The largest absolute Gasteiger partial charge is 0.508 e. The highest BCUT2D eigenvalue weighted by molar-refractivity contribution is 5.57. The van der Waals surface area contributed by atoms with Crippen LogP contribution in [0.4, 0.5) is 0 Å². The minimum atomic E-state index is -0.497. The lowest BCUT2D eigenvalue weighted by Crippen LogP contribution is -2.14. The Hall–Kier alpha value is -3.06. The first kappa shape index (κ1) is 16.8. The third kappa shape index (κ3) is 3.56. The van der Waals surface area contributed by atoms with Gasteiger partial charge in [0.25, 0.3) is 0 Å². The molecule has 0 fully saturated rings. The van der Waals surface area contributed by atoms with E-state index >= 15 is 0 Å². The second kappa shape index (κ2) is 7.23. The number of rotatable bonds is 6. The van der Waals surface area contributed by atoms with Crippen molar-refractivity contribution in [2.24, 2.45) is 5.73 Å². The first-order valence-electron chi connectivity index (χ1n) is 7.90. The quantitative estimate of drug-likeness (QED) is 0.637. The summed E-state index contributed by atoms with van der Waals surface area (Å²) in [6.45, 7) is 2.43. The van der Waals surface area contributed by atoms with Crippen LogP contribution in [0.2, 0.25) is 0 Å². The van der Waals surface area contributed by atoms with Crippen molar-refractivity contribution >= 4 is 0 Å². The molecule has 0 saturated heterocycles. The van der Waals surface area contributed by atoms with E-state index in [1.807, 2.05) is 31.2 Å². The Morgan fingerprint density at radius 1 is 1.20 bits per heavy atom. The van der Waals surface area contributed by atoms with E-state index < -0.39 is 6.04 Å². The number of phenols is 1. The second-order valence-electron chi connectivity index (χ2n) is 5.42. The highest BCUT2D eigenvalue weighted by Crippen LogP contribution is 2.31. The SMILES string of the molecule is CCOc1cc([C@@H](N)c2nc(-c3cccc(O)c3)n[nH]2)ccc1OC. The van der Waals surface area contributed by atoms with Gasteiger partial charge in [-0.1, -0.05) is 18.2 Å². The summed E-state index contributed by atoms with van der Waals surface area (Å²) < 4.78 is 10.9. The molecule has 4 N–H and O–H groups in total. The van der Waals surface area contributed by atoms with E-state index in [-0.39, 0.29) is 5.75 Å². The van der Waals surface area contributed by atoms with Crippen molar-refractivity contribution in [3.05, 3.63) is 53.9 Å². The van der Waals surface area contributed by atoms with E-state index in [1.165, 1.54) is 0 Å². The van der Waals surface area contributed by atoms with Crippen LogP contribution in [0.3, 0.4) is 0 Å². The van der Waals surface area contributed by atoms with Crippen LogP contribution in [-0.2, 0) is 0 Å². The van der Waals surface area contributed by atoms with Gasteiger partial charge in [-0.25, -0.2) is 4.98 Å². The number of hydrogen-bond donors (Lipinski definition) is 3. The van der Waals surface area contributed by atoms with Crippen LogP contribution >= 0.6 is 0 Å². The fourth-order valence-electron chi connectivity index (χ4n) is 2.50. The first-order chi connectivity index (χ1) is 12.1. The number of benzene rings is 2. The number of ether oxygens (including phenoxy) is 2. The summed E-state index contributed by atoms with van der Waals surface area (Å²) in [5.74, 6) is 2.43. The number of hydrogen-bond acceptors (Lipinski definition) is 6. The van der Waals surface area contributed by atoms with Gasteiger partial charge in [0.05, 0.1) is 19.8 Å². The van der Waals surface area contributed by atoms with Crippen molar-refractivity contribution < 1.29 is 14.6 Å². The molecule has 0 radical (unpaired) electrons. The molecule has 0 spiro atoms. The lowest BCUT2D eigenvalue weighted by molar-refractivity contribution is 0.310. The third-order valence-corrected chi connectivity index (χ3v) is 3.75. The molecule has 0 aliphatic heterocycles. The summed E-state index contributed by atoms with van der Waals surface area (Å²) in [5, 5.41) is 16.6. The lowest BCUT2D eigenvalue weighted by atomic mass is 10.1. The molecular weight excluding hydrogens is 320 g/mol. The predicted octanol–water partition coefficient (Wildman–Crippen LogP) is 2.63. The molecule has 0 unspecified atom stereocenters. The van der Waals surface area contributed by atoms with Gasteiger partial charge < -0.3 is 20.3 Å². The molecule has 0 bridgehead atoms. The van der Waals surface area contributed by atoms with Crippen LogP contribution in [0.1, 0.15) is 24.4 Å². The van der Waals surface area contributed by atoms with Gasteiger partial charge in [0, 0.05) is 5.56 Å². The summed E-state index contributed by atoms with van der Waals surface area (Å²) in [6, 6.07) is 11.8. The summed E-state index contributed by atoms with van der Waals surface area (Å²) >= 11 is 0. The average molecular weight is 340 g/mol. The second-order valence-corrected chi connectivity index (χ2v) is 5.42. The standard InChI is InChI=1S/C18H20N4O3/c1-3-25-15-10-11(7-8-14(15)24-2)16(19)18-20-17(21-22-18)12-5-4-6-13(23)9-12/h4-10,16,23H,3,19H2,1-2H3,(H,20,21,22)/t16-/m1/s1. The Morgan fingerprint density at radius 2 is 2.04 bits per heavy atom. The van der Waals surface area contributed by atoms with Crippen LogP contribution in [0.15, 0.2) is 42.5 Å². The number of aromatic amines is 1. The number of aromatic hydroxyl groups is 1. The van der Waals surface area contributed by atoms with Crippen LogP contribution < -0.4 is 15.2 Å². The van der Waals surface area contributed by atoms with Crippen LogP contribution in [0.25, 0.3) is 11.4 Å². The Kier molecular flexibility index (Phi) is 4.85. The zero-order valence-corrected chi connectivity index (χ0v) is 14.1. The third-order valence-electron chi connectivity index (χ3n) is 3.75. The monoisotopic (exact) mass is 340 g/mol. The van der Waals surface area contributed by atoms with Gasteiger partial charge in [-0.05, 0) is 36.8 Å². The number of methoxy groups -OCH3 is 1. The maximum Gasteiger partial charge on any atom is 0.181 e. The van der Waals surface area contributed by atoms with E-state index in [4.69, 9.17) is 15.2 Å². The molecule has 0 amide bonds. The molecule has 2 aromatic carbocycles. The van der Waals surface area contributed by atoms with Gasteiger partial charge in [0.2, 0.25) is 0 Å². The van der Waals surface area contributed by atoms with E-state index in [9.17, 15) is 5.11 Å². The highest BCUT2D eigenvalue weighted by Gasteiger charge is 2.17. The molecular formula is C18H20N4O3. The summed E-state index contributed by atoms with van der Waals surface area (Å²) in [6.07, 6.45) is 0. The Morgan fingerprint density at radius 3 is 2.76 bits per heavy atom. The zero-order valence-electron chi connectivity index (χ0n) is 14.1. The molecule has 1 atom stereocenters. The summed E-state index contributed by atoms with van der Waals surface area (Å²) in [5.41, 5.74) is 7.84. The van der Waals surface area contributed by atoms with Crippen molar-refractivity contribution in [3.8, 4) is 28.6 Å². The molecule has 7 nitrogen and oxygen atoms in total. The average Bonchev–Trinajstić information content (AvgIpc) is 3.11. The maximum absolute atomic E-state index is 9.58. The van der Waals surface area contributed by atoms with E-state index in [0.29, 0.717) is 35.3 Å². The van der Waals surface area contributed by atoms with Crippen molar-refractivity contribution in [1.82, 2.24) is 15.2 Å². The number of aromatic nitrogens is 3. The fourth-order valence-corrected chi connectivity index (χ4v) is 2.50. The Bertz CT molecular complexity index is 863. The highest BCUT2D eigenvalue weighted by atomic mass is 16.5. The number of phenolic OH excluding ortho intramolecular Hbond substituents is 1. The van der Waals surface area contributed by atoms with Gasteiger partial charge >= 0.3 is 0 Å². The molecule has 7 heteroatoms. The molecule has 130 valence electrons. The molecule has 0 saturated carbocycles.